The number of pyridine rings is 1. The number of aliphatic carboxylic acids is 1. The third-order valence-electron chi connectivity index (χ3n) is 1.46. The second-order valence-electron chi connectivity index (χ2n) is 2.57. The largest absolute Gasteiger partial charge is 0.480 e. The molecule has 0 aliphatic rings. The minimum Gasteiger partial charge on any atom is -0.480 e. The van der Waals surface area contributed by atoms with Crippen molar-refractivity contribution in [2.24, 2.45) is 0 Å². The van der Waals surface area contributed by atoms with E-state index in [9.17, 15) is 4.79 Å². The van der Waals surface area contributed by atoms with Crippen molar-refractivity contribution in [3.63, 3.8) is 0 Å². The van der Waals surface area contributed by atoms with E-state index >= 15 is 0 Å². The van der Waals surface area contributed by atoms with Crippen LogP contribution < -0.4 is 5.32 Å². The zero-order chi connectivity index (χ0) is 9.84. The molecule has 1 heterocycles. The van der Waals surface area contributed by atoms with Gasteiger partial charge >= 0.3 is 5.97 Å². The van der Waals surface area contributed by atoms with Crippen LogP contribution >= 0.6 is 22.6 Å². The Kier molecular flexibility index (Phi) is 3.47. The van der Waals surface area contributed by atoms with Crippen molar-refractivity contribution in [1.82, 2.24) is 4.98 Å². The standard InChI is InChI=1S/C8H9IN2O2/c1-5(8(12)13)11-7-3-2-6(9)4-10-7/h2-5H,1H3,(H,10,11)(H,12,13). The quantitative estimate of drug-likeness (QED) is 0.830. The van der Waals surface area contributed by atoms with Gasteiger partial charge in [0.2, 0.25) is 0 Å². The Morgan fingerprint density at radius 1 is 1.69 bits per heavy atom. The molecule has 0 aromatic carbocycles. The topological polar surface area (TPSA) is 62.2 Å². The van der Waals surface area contributed by atoms with Crippen LogP contribution in [0.1, 0.15) is 6.92 Å². The lowest BCUT2D eigenvalue weighted by Gasteiger charge is -2.08. The average Bonchev–Trinajstić information content (AvgIpc) is 2.08. The molecule has 0 aliphatic carbocycles. The van der Waals surface area contributed by atoms with Gasteiger partial charge in [0.25, 0.3) is 0 Å². The Morgan fingerprint density at radius 2 is 2.38 bits per heavy atom. The molecule has 0 radical (unpaired) electrons. The van der Waals surface area contributed by atoms with E-state index in [1.165, 1.54) is 0 Å². The van der Waals surface area contributed by atoms with E-state index in [1.54, 1.807) is 19.2 Å². The highest BCUT2D eigenvalue weighted by molar-refractivity contribution is 14.1. The van der Waals surface area contributed by atoms with Gasteiger partial charge in [-0.2, -0.15) is 0 Å². The molecule has 5 heteroatoms. The smallest absolute Gasteiger partial charge is 0.325 e. The molecule has 0 spiro atoms. The van der Waals surface area contributed by atoms with Gasteiger partial charge in [0.1, 0.15) is 11.9 Å². The van der Waals surface area contributed by atoms with Crippen molar-refractivity contribution in [2.45, 2.75) is 13.0 Å². The van der Waals surface area contributed by atoms with Crippen molar-refractivity contribution in [3.8, 4) is 0 Å². The molecule has 0 bridgehead atoms. The number of carbonyl (C=O) groups is 1. The molecule has 0 saturated carbocycles. The Hall–Kier alpha value is -0.850. The number of hydrogen-bond donors (Lipinski definition) is 2. The number of carboxylic acids is 1. The van der Waals surface area contributed by atoms with Gasteiger partial charge in [-0.1, -0.05) is 0 Å². The first-order valence-electron chi connectivity index (χ1n) is 3.70. The van der Waals surface area contributed by atoms with Crippen LogP contribution in [0.3, 0.4) is 0 Å². The first kappa shape index (κ1) is 10.2. The number of hydrogen-bond acceptors (Lipinski definition) is 3. The lowest BCUT2D eigenvalue weighted by Crippen LogP contribution is -2.25. The van der Waals surface area contributed by atoms with Gasteiger partial charge in [-0.15, -0.1) is 0 Å². The third kappa shape index (κ3) is 3.17. The summed E-state index contributed by atoms with van der Waals surface area (Å²) in [5.74, 6) is -0.310. The highest BCUT2D eigenvalue weighted by Gasteiger charge is 2.09. The lowest BCUT2D eigenvalue weighted by molar-refractivity contribution is -0.137. The third-order valence-corrected chi connectivity index (χ3v) is 2.10. The summed E-state index contributed by atoms with van der Waals surface area (Å²) in [5, 5.41) is 11.4. The number of anilines is 1. The summed E-state index contributed by atoms with van der Waals surface area (Å²) in [7, 11) is 0. The molecule has 0 saturated heterocycles. The maximum absolute atomic E-state index is 10.5. The number of nitrogens with zero attached hydrogens (tertiary/aromatic N) is 1. The summed E-state index contributed by atoms with van der Waals surface area (Å²) in [5.41, 5.74) is 0. The fourth-order valence-electron chi connectivity index (χ4n) is 0.745. The van der Waals surface area contributed by atoms with E-state index < -0.39 is 12.0 Å². The molecule has 70 valence electrons. The molecule has 1 aromatic heterocycles. The molecule has 13 heavy (non-hydrogen) atoms. The minimum atomic E-state index is -0.889. The van der Waals surface area contributed by atoms with Crippen molar-refractivity contribution < 1.29 is 9.90 Å². The Morgan fingerprint density at radius 3 is 2.85 bits per heavy atom. The number of aromatic nitrogens is 1. The summed E-state index contributed by atoms with van der Waals surface area (Å²) in [6.45, 7) is 1.57. The van der Waals surface area contributed by atoms with Crippen molar-refractivity contribution >= 4 is 34.4 Å². The normalized spacial score (nSPS) is 12.2. The molecule has 4 nitrogen and oxygen atoms in total. The predicted octanol–water partition coefficient (Wildman–Crippen LogP) is 1.57. The zero-order valence-corrected chi connectivity index (χ0v) is 9.15. The van der Waals surface area contributed by atoms with Gasteiger partial charge in [-0.3, -0.25) is 4.79 Å². The number of carboxylic acid groups (broad SMARTS) is 1. The molecular formula is C8H9IN2O2. The van der Waals surface area contributed by atoms with E-state index in [0.717, 1.165) is 3.57 Å². The van der Waals surface area contributed by atoms with Crippen LogP contribution in [0, 0.1) is 3.57 Å². The van der Waals surface area contributed by atoms with Crippen molar-refractivity contribution in [2.75, 3.05) is 5.32 Å². The van der Waals surface area contributed by atoms with Gasteiger partial charge < -0.3 is 10.4 Å². The zero-order valence-electron chi connectivity index (χ0n) is 6.99. The second kappa shape index (κ2) is 4.40. The summed E-state index contributed by atoms with van der Waals surface area (Å²) in [6, 6.07) is 3.00. The van der Waals surface area contributed by atoms with Crippen LogP contribution in [0.25, 0.3) is 0 Å². The molecular weight excluding hydrogens is 283 g/mol. The molecule has 1 rings (SSSR count). The lowest BCUT2D eigenvalue weighted by atomic mass is 10.3. The van der Waals surface area contributed by atoms with E-state index in [2.05, 4.69) is 32.9 Å². The number of nitrogens with one attached hydrogen (secondary N) is 1. The molecule has 1 unspecified atom stereocenters. The van der Waals surface area contributed by atoms with Crippen LogP contribution in [0.4, 0.5) is 5.82 Å². The Bertz CT molecular complexity index is 300. The fourth-order valence-corrected chi connectivity index (χ4v) is 1.06. The summed E-state index contributed by atoms with van der Waals surface area (Å²) in [6.07, 6.45) is 1.68. The van der Waals surface area contributed by atoms with E-state index in [1.807, 2.05) is 6.07 Å². The Balaban J connectivity index is 2.64. The van der Waals surface area contributed by atoms with Gasteiger partial charge in [0.15, 0.2) is 0 Å². The van der Waals surface area contributed by atoms with Crippen LogP contribution in [-0.4, -0.2) is 22.1 Å². The molecule has 0 amide bonds. The maximum Gasteiger partial charge on any atom is 0.325 e. The summed E-state index contributed by atoms with van der Waals surface area (Å²) < 4.78 is 1.02. The van der Waals surface area contributed by atoms with Crippen LogP contribution in [0.15, 0.2) is 18.3 Å². The van der Waals surface area contributed by atoms with Crippen LogP contribution in [0.2, 0.25) is 0 Å². The molecule has 0 aliphatic heterocycles. The SMILES string of the molecule is CC(Nc1ccc(I)cn1)C(=O)O. The second-order valence-corrected chi connectivity index (χ2v) is 3.81. The highest BCUT2D eigenvalue weighted by atomic mass is 127. The average molecular weight is 292 g/mol. The monoisotopic (exact) mass is 292 g/mol. The molecule has 0 fully saturated rings. The van der Waals surface area contributed by atoms with Gasteiger partial charge in [0, 0.05) is 9.77 Å². The van der Waals surface area contributed by atoms with Gasteiger partial charge in [0.05, 0.1) is 0 Å². The first-order valence-corrected chi connectivity index (χ1v) is 4.78. The van der Waals surface area contributed by atoms with E-state index in [-0.39, 0.29) is 0 Å². The van der Waals surface area contributed by atoms with Crippen molar-refractivity contribution in [1.29, 1.82) is 0 Å². The van der Waals surface area contributed by atoms with Crippen LogP contribution in [-0.2, 0) is 4.79 Å². The summed E-state index contributed by atoms with van der Waals surface area (Å²) >= 11 is 2.14. The highest BCUT2D eigenvalue weighted by Crippen LogP contribution is 2.07. The van der Waals surface area contributed by atoms with E-state index in [0.29, 0.717) is 5.82 Å². The van der Waals surface area contributed by atoms with Crippen molar-refractivity contribution in [3.05, 3.63) is 21.9 Å². The van der Waals surface area contributed by atoms with Gasteiger partial charge in [-0.25, -0.2) is 4.98 Å². The number of halogens is 1. The fraction of sp³-hybridized carbons (Fsp3) is 0.250. The predicted molar refractivity (Wildman–Crippen MR) is 57.7 cm³/mol. The summed E-state index contributed by atoms with van der Waals surface area (Å²) in [4.78, 5) is 14.5. The van der Waals surface area contributed by atoms with E-state index in [4.69, 9.17) is 5.11 Å². The number of rotatable bonds is 3. The van der Waals surface area contributed by atoms with Crippen LogP contribution in [0.5, 0.6) is 0 Å². The van der Waals surface area contributed by atoms with Gasteiger partial charge in [-0.05, 0) is 41.6 Å². The first-order chi connectivity index (χ1) is 6.09. The Labute approximate surface area is 89.5 Å². The minimum absolute atomic E-state index is 0.579. The molecule has 1 atom stereocenters. The molecule has 1 aromatic rings. The maximum atomic E-state index is 10.5. The molecule has 2 N–H and O–H groups in total.